The van der Waals surface area contributed by atoms with Gasteiger partial charge in [-0.2, -0.15) is 14.0 Å². The van der Waals surface area contributed by atoms with Crippen LogP contribution in [0.25, 0.3) is 0 Å². The van der Waals surface area contributed by atoms with Crippen molar-refractivity contribution in [3.05, 3.63) is 51.7 Å². The topological polar surface area (TPSA) is 50.1 Å². The van der Waals surface area contributed by atoms with Crippen LogP contribution < -0.4 is 4.74 Å². The molecule has 3 nitrogen and oxygen atoms in total. The maximum Gasteiger partial charge on any atom is 0.387 e. The summed E-state index contributed by atoms with van der Waals surface area (Å²) >= 11 is 1.28. The zero-order valence-corrected chi connectivity index (χ0v) is 11.9. The number of nitriles is 1. The molecule has 1 unspecified atom stereocenters. The number of halogens is 2. The van der Waals surface area contributed by atoms with Crippen LogP contribution in [0, 0.1) is 18.3 Å². The standard InChI is InChI=1S/C15H11F2NO2S/c1-9-6-7-21-14(9)13(19)12(8-18)10-2-4-11(5-3-10)20-15(16)17/h2-7,12,15H,1H3. The fourth-order valence-corrected chi connectivity index (χ4v) is 2.78. The van der Waals surface area contributed by atoms with Crippen molar-refractivity contribution < 1.29 is 18.3 Å². The maximum absolute atomic E-state index is 12.4. The molecule has 1 atom stereocenters. The molecule has 0 spiro atoms. The molecule has 0 saturated carbocycles. The van der Waals surface area contributed by atoms with Crippen LogP contribution in [0.5, 0.6) is 5.75 Å². The van der Waals surface area contributed by atoms with Crippen LogP contribution in [0.3, 0.4) is 0 Å². The van der Waals surface area contributed by atoms with Gasteiger partial charge >= 0.3 is 6.61 Å². The van der Waals surface area contributed by atoms with E-state index in [1.165, 1.54) is 35.6 Å². The molecule has 108 valence electrons. The first-order valence-corrected chi connectivity index (χ1v) is 6.93. The Kier molecular flexibility index (Phi) is 4.66. The van der Waals surface area contributed by atoms with E-state index < -0.39 is 12.5 Å². The van der Waals surface area contributed by atoms with Crippen molar-refractivity contribution in [2.45, 2.75) is 19.5 Å². The molecule has 0 amide bonds. The van der Waals surface area contributed by atoms with Crippen molar-refractivity contribution in [1.29, 1.82) is 5.26 Å². The van der Waals surface area contributed by atoms with Gasteiger partial charge in [-0.25, -0.2) is 0 Å². The molecule has 0 fully saturated rings. The minimum Gasteiger partial charge on any atom is -0.435 e. The van der Waals surface area contributed by atoms with Crippen LogP contribution >= 0.6 is 11.3 Å². The SMILES string of the molecule is Cc1ccsc1C(=O)C(C#N)c1ccc(OC(F)F)cc1. The van der Waals surface area contributed by atoms with Crippen LogP contribution in [0.4, 0.5) is 8.78 Å². The monoisotopic (exact) mass is 307 g/mol. The Bertz CT molecular complexity index is 674. The first-order chi connectivity index (χ1) is 10.0. The van der Waals surface area contributed by atoms with Gasteiger partial charge in [0, 0.05) is 0 Å². The molecule has 1 heterocycles. The molecule has 0 radical (unpaired) electrons. The van der Waals surface area contributed by atoms with E-state index in [4.69, 9.17) is 0 Å². The zero-order valence-electron chi connectivity index (χ0n) is 11.0. The van der Waals surface area contributed by atoms with Gasteiger partial charge in [0.15, 0.2) is 5.78 Å². The summed E-state index contributed by atoms with van der Waals surface area (Å²) in [6, 6.07) is 9.31. The summed E-state index contributed by atoms with van der Waals surface area (Å²) in [6.45, 7) is -1.10. The summed E-state index contributed by atoms with van der Waals surface area (Å²) in [5.74, 6) is -1.25. The van der Waals surface area contributed by atoms with E-state index in [1.54, 1.807) is 12.3 Å². The number of nitrogens with zero attached hydrogens (tertiary/aromatic N) is 1. The number of ether oxygens (including phenoxy) is 1. The van der Waals surface area contributed by atoms with E-state index in [0.29, 0.717) is 10.4 Å². The number of Topliss-reactive ketones (excluding diaryl/α,β-unsaturated/α-hetero) is 1. The molecule has 0 saturated heterocycles. The average Bonchev–Trinajstić information content (AvgIpc) is 2.87. The molecule has 1 aromatic heterocycles. The Morgan fingerprint density at radius 1 is 1.29 bits per heavy atom. The highest BCUT2D eigenvalue weighted by Gasteiger charge is 2.24. The predicted octanol–water partition coefficient (Wildman–Crippen LogP) is 4.15. The average molecular weight is 307 g/mol. The van der Waals surface area contributed by atoms with Crippen molar-refractivity contribution in [2.24, 2.45) is 0 Å². The number of alkyl halides is 2. The molecular formula is C15H11F2NO2S. The van der Waals surface area contributed by atoms with Crippen molar-refractivity contribution in [2.75, 3.05) is 0 Å². The first kappa shape index (κ1) is 15.1. The molecule has 0 N–H and O–H groups in total. The third kappa shape index (κ3) is 3.44. The Labute approximate surface area is 124 Å². The van der Waals surface area contributed by atoms with Gasteiger partial charge in [-0.15, -0.1) is 11.3 Å². The predicted molar refractivity (Wildman–Crippen MR) is 74.8 cm³/mol. The van der Waals surface area contributed by atoms with Crippen molar-refractivity contribution in [3.63, 3.8) is 0 Å². The molecule has 0 aliphatic carbocycles. The lowest BCUT2D eigenvalue weighted by Crippen LogP contribution is -2.11. The second kappa shape index (κ2) is 6.46. The molecule has 21 heavy (non-hydrogen) atoms. The molecule has 6 heteroatoms. The van der Waals surface area contributed by atoms with Gasteiger partial charge < -0.3 is 4.74 Å². The third-order valence-electron chi connectivity index (χ3n) is 2.92. The van der Waals surface area contributed by atoms with E-state index in [9.17, 15) is 18.8 Å². The molecule has 2 rings (SSSR count). The quantitative estimate of drug-likeness (QED) is 0.780. The fraction of sp³-hybridized carbons (Fsp3) is 0.200. The van der Waals surface area contributed by atoms with Crippen LogP contribution in [-0.2, 0) is 0 Å². The van der Waals surface area contributed by atoms with Crippen LogP contribution in [0.1, 0.15) is 26.7 Å². The number of thiophene rings is 1. The van der Waals surface area contributed by atoms with Crippen molar-refractivity contribution in [1.82, 2.24) is 0 Å². The largest absolute Gasteiger partial charge is 0.435 e. The lowest BCUT2D eigenvalue weighted by molar-refractivity contribution is -0.0498. The van der Waals surface area contributed by atoms with Gasteiger partial charge in [-0.05, 0) is 41.6 Å². The maximum atomic E-state index is 12.4. The van der Waals surface area contributed by atoms with E-state index in [0.717, 1.165) is 5.56 Å². The van der Waals surface area contributed by atoms with Gasteiger partial charge in [0.05, 0.1) is 10.9 Å². The molecular weight excluding hydrogens is 296 g/mol. The van der Waals surface area contributed by atoms with Gasteiger partial charge in [0.1, 0.15) is 11.7 Å². The number of ketones is 1. The molecule has 0 bridgehead atoms. The first-order valence-electron chi connectivity index (χ1n) is 6.05. The highest BCUT2D eigenvalue weighted by molar-refractivity contribution is 7.12. The molecule has 0 aliphatic heterocycles. The summed E-state index contributed by atoms with van der Waals surface area (Å²) < 4.78 is 28.4. The van der Waals surface area contributed by atoms with Gasteiger partial charge in [-0.3, -0.25) is 4.79 Å². The van der Waals surface area contributed by atoms with E-state index in [-0.39, 0.29) is 11.5 Å². The van der Waals surface area contributed by atoms with E-state index >= 15 is 0 Å². The minimum absolute atomic E-state index is 0.00908. The highest BCUT2D eigenvalue weighted by atomic mass is 32.1. The zero-order chi connectivity index (χ0) is 15.4. The van der Waals surface area contributed by atoms with Gasteiger partial charge in [0.25, 0.3) is 0 Å². The van der Waals surface area contributed by atoms with E-state index in [1.807, 2.05) is 12.1 Å². The van der Waals surface area contributed by atoms with Crippen LogP contribution in [0.15, 0.2) is 35.7 Å². The van der Waals surface area contributed by atoms with Crippen LogP contribution in [-0.4, -0.2) is 12.4 Å². The third-order valence-corrected chi connectivity index (χ3v) is 3.95. The Morgan fingerprint density at radius 2 is 1.95 bits per heavy atom. The Hall–Kier alpha value is -2.26. The Morgan fingerprint density at radius 3 is 2.43 bits per heavy atom. The van der Waals surface area contributed by atoms with Crippen molar-refractivity contribution in [3.8, 4) is 11.8 Å². The van der Waals surface area contributed by atoms with Crippen molar-refractivity contribution >= 4 is 17.1 Å². The molecule has 1 aromatic carbocycles. The second-order valence-corrected chi connectivity index (χ2v) is 5.22. The minimum atomic E-state index is -2.90. The van der Waals surface area contributed by atoms with Gasteiger partial charge in [0.2, 0.25) is 0 Å². The number of hydrogen-bond acceptors (Lipinski definition) is 4. The van der Waals surface area contributed by atoms with Gasteiger partial charge in [-0.1, -0.05) is 12.1 Å². The highest BCUT2D eigenvalue weighted by Crippen LogP contribution is 2.27. The smallest absolute Gasteiger partial charge is 0.387 e. The number of carbonyl (C=O) groups is 1. The number of benzene rings is 1. The number of hydrogen-bond donors (Lipinski definition) is 0. The summed E-state index contributed by atoms with van der Waals surface area (Å²) in [7, 11) is 0. The van der Waals surface area contributed by atoms with Crippen LogP contribution in [0.2, 0.25) is 0 Å². The number of rotatable bonds is 5. The van der Waals surface area contributed by atoms with E-state index in [2.05, 4.69) is 4.74 Å². The number of carbonyl (C=O) groups excluding carboxylic acids is 1. The Balaban J connectivity index is 2.24. The molecule has 2 aromatic rings. The summed E-state index contributed by atoms with van der Waals surface area (Å²) in [5.41, 5.74) is 1.28. The second-order valence-electron chi connectivity index (χ2n) is 4.31. The lowest BCUT2D eigenvalue weighted by atomic mass is 9.94. The fourth-order valence-electron chi connectivity index (χ4n) is 1.88. The normalized spacial score (nSPS) is 12.0. The number of aryl methyl sites for hydroxylation is 1. The summed E-state index contributed by atoms with van der Waals surface area (Å²) in [6.07, 6.45) is 0. The summed E-state index contributed by atoms with van der Waals surface area (Å²) in [4.78, 5) is 12.9. The molecule has 0 aliphatic rings. The lowest BCUT2D eigenvalue weighted by Gasteiger charge is -2.10. The summed E-state index contributed by atoms with van der Waals surface area (Å²) in [5, 5.41) is 11.0.